The van der Waals surface area contributed by atoms with E-state index in [0.29, 0.717) is 17.5 Å². The average molecular weight is 348 g/mol. The molecule has 1 aromatic heterocycles. The van der Waals surface area contributed by atoms with Gasteiger partial charge in [0, 0.05) is 12.0 Å². The molecule has 3 aromatic rings. The molecule has 0 spiro atoms. The maximum Gasteiger partial charge on any atom is 0.336 e. The zero-order valence-electron chi connectivity index (χ0n) is 14.5. The van der Waals surface area contributed by atoms with Crippen LogP contribution >= 0.6 is 0 Å². The van der Waals surface area contributed by atoms with E-state index in [0.717, 1.165) is 29.7 Å². The maximum absolute atomic E-state index is 12.2. The van der Waals surface area contributed by atoms with Gasteiger partial charge in [-0.1, -0.05) is 55.8 Å². The Kier molecular flexibility index (Phi) is 5.27. The number of carboxylic acid groups (broad SMARTS) is 1. The molecule has 132 valence electrons. The number of aromatic carboxylic acids is 1. The molecule has 0 aliphatic rings. The number of benzene rings is 2. The third-order valence-corrected chi connectivity index (χ3v) is 4.33. The third-order valence-electron chi connectivity index (χ3n) is 4.33. The number of carboxylic acids is 1. The normalized spacial score (nSPS) is 10.7. The number of hydrogen-bond donors (Lipinski definition) is 2. The molecule has 2 N–H and O–H groups in total. The summed E-state index contributed by atoms with van der Waals surface area (Å²) < 4.78 is 0. The summed E-state index contributed by atoms with van der Waals surface area (Å²) in [5.41, 5.74) is 4.18. The highest BCUT2D eigenvalue weighted by molar-refractivity contribution is 5.95. The smallest absolute Gasteiger partial charge is 0.336 e. The average Bonchev–Trinajstić information content (AvgIpc) is 2.65. The van der Waals surface area contributed by atoms with Gasteiger partial charge in [-0.05, 0) is 29.2 Å². The summed E-state index contributed by atoms with van der Waals surface area (Å²) in [5.74, 6) is -0.948. The lowest BCUT2D eigenvalue weighted by Crippen LogP contribution is -2.17. The lowest BCUT2D eigenvalue weighted by atomic mass is 9.96. The van der Waals surface area contributed by atoms with E-state index in [1.807, 2.05) is 30.3 Å². The van der Waals surface area contributed by atoms with Crippen molar-refractivity contribution in [3.8, 4) is 11.1 Å². The Morgan fingerprint density at radius 2 is 1.85 bits per heavy atom. The van der Waals surface area contributed by atoms with Crippen LogP contribution < -0.4 is 5.56 Å². The zero-order valence-corrected chi connectivity index (χ0v) is 14.5. The Morgan fingerprint density at radius 1 is 1.12 bits per heavy atom. The van der Waals surface area contributed by atoms with E-state index in [9.17, 15) is 14.7 Å². The molecule has 2 aromatic carbocycles. The number of hydrogen-bond acceptors (Lipinski definition) is 3. The molecule has 1 heterocycles. The molecule has 5 heteroatoms. The fourth-order valence-corrected chi connectivity index (χ4v) is 3.03. The number of nitrogens with zero attached hydrogens (tertiary/aromatic N) is 1. The number of aryl methyl sites for hydroxylation is 1. The van der Waals surface area contributed by atoms with E-state index in [2.05, 4.69) is 16.9 Å². The van der Waals surface area contributed by atoms with Gasteiger partial charge in [0.25, 0.3) is 5.56 Å². The molecule has 0 atom stereocenters. The molecule has 0 bridgehead atoms. The summed E-state index contributed by atoms with van der Waals surface area (Å²) in [6.45, 7) is 2.06. The van der Waals surface area contributed by atoms with Crippen molar-refractivity contribution in [2.75, 3.05) is 0 Å². The largest absolute Gasteiger partial charge is 0.478 e. The molecule has 5 nitrogen and oxygen atoms in total. The van der Waals surface area contributed by atoms with Crippen molar-refractivity contribution < 1.29 is 9.90 Å². The van der Waals surface area contributed by atoms with Crippen LogP contribution in [0.3, 0.4) is 0 Å². The summed E-state index contributed by atoms with van der Waals surface area (Å²) in [4.78, 5) is 30.5. The molecule has 0 fully saturated rings. The summed E-state index contributed by atoms with van der Waals surface area (Å²) in [7, 11) is 0. The van der Waals surface area contributed by atoms with Crippen LogP contribution in [0, 0.1) is 0 Å². The second-order valence-electron chi connectivity index (χ2n) is 6.13. The van der Waals surface area contributed by atoms with Crippen LogP contribution in [0.5, 0.6) is 0 Å². The van der Waals surface area contributed by atoms with Gasteiger partial charge in [0.2, 0.25) is 0 Å². The van der Waals surface area contributed by atoms with Crippen LogP contribution in [0.2, 0.25) is 0 Å². The second kappa shape index (κ2) is 7.78. The summed E-state index contributed by atoms with van der Waals surface area (Å²) in [6.07, 6.45) is 3.64. The van der Waals surface area contributed by atoms with Crippen molar-refractivity contribution in [2.24, 2.45) is 0 Å². The molecular formula is C21H20N2O3. The molecule has 0 saturated heterocycles. The van der Waals surface area contributed by atoms with E-state index in [-0.39, 0.29) is 11.1 Å². The van der Waals surface area contributed by atoms with Gasteiger partial charge < -0.3 is 10.1 Å². The van der Waals surface area contributed by atoms with Gasteiger partial charge in [0.15, 0.2) is 0 Å². The van der Waals surface area contributed by atoms with Crippen molar-refractivity contribution in [3.05, 3.63) is 87.6 Å². The minimum Gasteiger partial charge on any atom is -0.478 e. The molecular weight excluding hydrogens is 328 g/mol. The van der Waals surface area contributed by atoms with Crippen LogP contribution in [0.1, 0.15) is 40.5 Å². The van der Waals surface area contributed by atoms with Crippen molar-refractivity contribution >= 4 is 5.97 Å². The topological polar surface area (TPSA) is 83.0 Å². The number of rotatable bonds is 6. The van der Waals surface area contributed by atoms with Gasteiger partial charge in [-0.2, -0.15) is 0 Å². The first-order chi connectivity index (χ1) is 12.6. The van der Waals surface area contributed by atoms with Gasteiger partial charge in [-0.3, -0.25) is 4.79 Å². The number of nitrogens with one attached hydrogen (secondary N) is 1. The zero-order chi connectivity index (χ0) is 18.5. The molecule has 0 aliphatic carbocycles. The first-order valence-corrected chi connectivity index (χ1v) is 8.57. The molecule has 0 radical (unpaired) electrons. The number of H-pyrrole nitrogens is 1. The van der Waals surface area contributed by atoms with Gasteiger partial charge in [-0.25, -0.2) is 9.78 Å². The Hall–Kier alpha value is -3.21. The first-order valence-electron chi connectivity index (χ1n) is 8.57. The molecule has 0 aliphatic heterocycles. The van der Waals surface area contributed by atoms with Crippen LogP contribution in [0.25, 0.3) is 11.1 Å². The molecule has 0 saturated carbocycles. The van der Waals surface area contributed by atoms with E-state index in [1.165, 1.54) is 6.33 Å². The van der Waals surface area contributed by atoms with Gasteiger partial charge in [0.05, 0.1) is 17.6 Å². The molecule has 0 unspecified atom stereocenters. The van der Waals surface area contributed by atoms with E-state index >= 15 is 0 Å². The highest BCUT2D eigenvalue weighted by Crippen LogP contribution is 2.24. The van der Waals surface area contributed by atoms with Crippen LogP contribution in [0.15, 0.2) is 59.7 Å². The monoisotopic (exact) mass is 348 g/mol. The Bertz CT molecular complexity index is 975. The van der Waals surface area contributed by atoms with Crippen molar-refractivity contribution in [1.29, 1.82) is 0 Å². The van der Waals surface area contributed by atoms with Crippen LogP contribution in [0.4, 0.5) is 0 Å². The third kappa shape index (κ3) is 3.72. The summed E-state index contributed by atoms with van der Waals surface area (Å²) in [5, 5.41) is 9.34. The second-order valence-corrected chi connectivity index (χ2v) is 6.13. The number of carbonyl (C=O) groups is 1. The van der Waals surface area contributed by atoms with Gasteiger partial charge in [0.1, 0.15) is 0 Å². The van der Waals surface area contributed by atoms with Crippen molar-refractivity contribution in [3.63, 3.8) is 0 Å². The molecule has 3 rings (SSSR count). The number of aromatic amines is 1. The fraction of sp³-hybridized carbons (Fsp3) is 0.190. The SMILES string of the molecule is CCCc1nc[nH]c(=O)c1Cc1ccc(-c2ccccc2C(=O)O)cc1. The van der Waals surface area contributed by atoms with Gasteiger partial charge in [-0.15, -0.1) is 0 Å². The quantitative estimate of drug-likeness (QED) is 0.712. The van der Waals surface area contributed by atoms with Gasteiger partial charge >= 0.3 is 5.97 Å². The lowest BCUT2D eigenvalue weighted by Gasteiger charge is -2.09. The summed E-state index contributed by atoms with van der Waals surface area (Å²) in [6, 6.07) is 14.6. The van der Waals surface area contributed by atoms with E-state index < -0.39 is 5.97 Å². The number of aromatic nitrogens is 2. The predicted octanol–water partition coefficient (Wildman–Crippen LogP) is 3.68. The van der Waals surface area contributed by atoms with Crippen LogP contribution in [-0.4, -0.2) is 21.0 Å². The maximum atomic E-state index is 12.2. The van der Waals surface area contributed by atoms with Crippen LogP contribution in [-0.2, 0) is 12.8 Å². The highest BCUT2D eigenvalue weighted by Gasteiger charge is 2.12. The van der Waals surface area contributed by atoms with E-state index in [1.54, 1.807) is 18.2 Å². The van der Waals surface area contributed by atoms with Crippen molar-refractivity contribution in [1.82, 2.24) is 9.97 Å². The van der Waals surface area contributed by atoms with E-state index in [4.69, 9.17) is 0 Å². The predicted molar refractivity (Wildman–Crippen MR) is 100 cm³/mol. The standard InChI is InChI=1S/C21H20N2O3/c1-2-5-19-18(20(24)23-13-22-19)12-14-8-10-15(11-9-14)16-6-3-4-7-17(16)21(25)26/h3-4,6-11,13H,2,5,12H2,1H3,(H,25,26)(H,22,23,24). The van der Waals surface area contributed by atoms with Crippen molar-refractivity contribution in [2.45, 2.75) is 26.2 Å². The Labute approximate surface area is 151 Å². The minimum atomic E-state index is -0.948. The first kappa shape index (κ1) is 17.6. The lowest BCUT2D eigenvalue weighted by molar-refractivity contribution is 0.0697. The Balaban J connectivity index is 1.91. The summed E-state index contributed by atoms with van der Waals surface area (Å²) >= 11 is 0. The highest BCUT2D eigenvalue weighted by atomic mass is 16.4. The minimum absolute atomic E-state index is 0.108. The molecule has 26 heavy (non-hydrogen) atoms. The fourth-order valence-electron chi connectivity index (χ4n) is 3.03. The molecule has 0 amide bonds. The Morgan fingerprint density at radius 3 is 2.54 bits per heavy atom.